The van der Waals surface area contributed by atoms with E-state index >= 15 is 0 Å². The van der Waals surface area contributed by atoms with E-state index in [9.17, 15) is 14.0 Å². The Morgan fingerprint density at radius 3 is 2.63 bits per heavy atom. The van der Waals surface area contributed by atoms with Crippen LogP contribution in [0, 0.1) is 29.0 Å². The minimum absolute atomic E-state index is 0.000347. The smallest absolute Gasteiger partial charge is 0.282 e. The van der Waals surface area contributed by atoms with Crippen LogP contribution >= 0.6 is 0 Å². The van der Waals surface area contributed by atoms with Gasteiger partial charge in [0.2, 0.25) is 5.91 Å². The van der Waals surface area contributed by atoms with E-state index in [-0.39, 0.29) is 52.0 Å². The summed E-state index contributed by atoms with van der Waals surface area (Å²) in [7, 11) is 0. The van der Waals surface area contributed by atoms with Crippen molar-refractivity contribution in [2.45, 2.75) is 95.7 Å². The van der Waals surface area contributed by atoms with Gasteiger partial charge in [0.1, 0.15) is 17.9 Å². The third-order valence-electron chi connectivity index (χ3n) is 12.2. The zero-order chi connectivity index (χ0) is 31.6. The Morgan fingerprint density at radius 1 is 1.15 bits per heavy atom. The number of benzene rings is 1. The molecule has 46 heavy (non-hydrogen) atoms. The third-order valence-corrected chi connectivity index (χ3v) is 12.2. The molecule has 1 N–H and O–H groups in total. The maximum absolute atomic E-state index is 14.4. The first-order valence-electron chi connectivity index (χ1n) is 17.5. The number of carbonyl (C=O) groups excluding carboxylic acids is 2. The molecule has 0 radical (unpaired) electrons. The van der Waals surface area contributed by atoms with Crippen molar-refractivity contribution in [3.05, 3.63) is 35.9 Å². The van der Waals surface area contributed by atoms with Crippen molar-refractivity contribution in [1.29, 1.82) is 0 Å². The number of hydrogen-bond donors (Lipinski definition) is 1. The summed E-state index contributed by atoms with van der Waals surface area (Å²) in [6.45, 7) is 9.14. The Kier molecular flexibility index (Phi) is 7.45. The minimum Gasteiger partial charge on any atom is -0.434 e. The second-order valence-electron chi connectivity index (χ2n) is 15.5. The largest absolute Gasteiger partial charge is 0.434 e. The Labute approximate surface area is 270 Å². The summed E-state index contributed by atoms with van der Waals surface area (Å²) < 4.78 is 20.6. The number of halogens is 1. The normalized spacial score (nSPS) is 30.1. The monoisotopic (exact) mass is 631 g/mol. The van der Waals surface area contributed by atoms with Gasteiger partial charge in [-0.2, -0.15) is 0 Å². The van der Waals surface area contributed by atoms with Gasteiger partial charge in [-0.3, -0.25) is 9.59 Å². The highest BCUT2D eigenvalue weighted by Gasteiger charge is 2.54. The van der Waals surface area contributed by atoms with Crippen molar-refractivity contribution in [1.82, 2.24) is 30.3 Å². The lowest BCUT2D eigenvalue weighted by atomic mass is 9.55. The van der Waals surface area contributed by atoms with Crippen LogP contribution in [-0.2, 0) is 4.79 Å². The number of likely N-dealkylation sites (tertiary alicyclic amines) is 1. The number of anilines is 1. The van der Waals surface area contributed by atoms with Gasteiger partial charge in [-0.05, 0) is 121 Å². The Morgan fingerprint density at radius 2 is 1.96 bits per heavy atom. The molecule has 246 valence electrons. The molecule has 2 aromatic rings. The van der Waals surface area contributed by atoms with Crippen molar-refractivity contribution in [2.24, 2.45) is 23.2 Å². The Balaban J connectivity index is 0.892. The number of hydrogen-bond acceptors (Lipinski definition) is 8. The minimum atomic E-state index is -0.481. The summed E-state index contributed by atoms with van der Waals surface area (Å²) in [5.74, 6) is 2.80. The average molecular weight is 632 g/mol. The number of carbonyl (C=O) groups is 2. The van der Waals surface area contributed by atoms with Crippen molar-refractivity contribution < 1.29 is 18.7 Å². The molecule has 2 amide bonds. The average Bonchev–Trinajstić information content (AvgIpc) is 3.79. The van der Waals surface area contributed by atoms with E-state index in [1.807, 2.05) is 18.7 Å². The number of ether oxygens (including phenoxy) is 1. The molecule has 3 aliphatic heterocycles. The van der Waals surface area contributed by atoms with Crippen molar-refractivity contribution >= 4 is 17.6 Å². The van der Waals surface area contributed by atoms with E-state index < -0.39 is 5.82 Å². The number of aromatic nitrogens is 3. The third kappa shape index (κ3) is 5.42. The fraction of sp³-hybridized carbons (Fsp3) is 0.686. The summed E-state index contributed by atoms with van der Waals surface area (Å²) >= 11 is 0. The van der Waals surface area contributed by atoms with Gasteiger partial charge in [-0.25, -0.2) is 9.37 Å². The molecule has 4 saturated carbocycles. The predicted molar refractivity (Wildman–Crippen MR) is 170 cm³/mol. The van der Waals surface area contributed by atoms with E-state index in [0.29, 0.717) is 18.2 Å². The van der Waals surface area contributed by atoms with Gasteiger partial charge in [0, 0.05) is 49.1 Å². The molecule has 9 rings (SSSR count). The summed E-state index contributed by atoms with van der Waals surface area (Å²) in [5, 5.41) is 11.6. The SMILES string of the molecule is CC(C)N(C(=O)c1cc(F)ccc1Oc1nncnc1N1CC2(CCN(CC3CC4CCC3CC43CCC(=O)N3)CC2)C1)C1CC1. The maximum Gasteiger partial charge on any atom is 0.282 e. The number of nitrogens with one attached hydrogen (secondary N) is 1. The molecular formula is C35H46FN7O3. The number of fused-ring (bicyclic) bond motifs is 2. The molecule has 4 aliphatic carbocycles. The van der Waals surface area contributed by atoms with Gasteiger partial charge < -0.3 is 24.8 Å². The lowest BCUT2D eigenvalue weighted by Gasteiger charge is -2.56. The molecule has 10 nitrogen and oxygen atoms in total. The fourth-order valence-corrected chi connectivity index (χ4v) is 9.64. The molecule has 4 heterocycles. The highest BCUT2D eigenvalue weighted by atomic mass is 19.1. The van der Waals surface area contributed by atoms with Crippen LogP contribution in [0.4, 0.5) is 10.2 Å². The lowest BCUT2D eigenvalue weighted by molar-refractivity contribution is -0.121. The maximum atomic E-state index is 14.4. The first-order chi connectivity index (χ1) is 22.2. The highest BCUT2D eigenvalue weighted by Crippen LogP contribution is 2.54. The number of rotatable bonds is 8. The summed E-state index contributed by atoms with van der Waals surface area (Å²) in [6.07, 6.45) is 12.5. The zero-order valence-electron chi connectivity index (χ0n) is 27.1. The van der Waals surface area contributed by atoms with Gasteiger partial charge in [-0.15, -0.1) is 10.2 Å². The first kappa shape index (κ1) is 30.0. The quantitative estimate of drug-likeness (QED) is 0.443. The van der Waals surface area contributed by atoms with Gasteiger partial charge in [0.15, 0.2) is 5.82 Å². The van der Waals surface area contributed by atoms with Gasteiger partial charge in [-0.1, -0.05) is 0 Å². The second kappa shape index (κ2) is 11.4. The summed E-state index contributed by atoms with van der Waals surface area (Å²) in [6, 6.07) is 4.25. The van der Waals surface area contributed by atoms with Crippen LogP contribution < -0.4 is 15.0 Å². The van der Waals surface area contributed by atoms with Gasteiger partial charge in [0.05, 0.1) is 5.56 Å². The molecule has 2 bridgehead atoms. The van der Waals surface area contributed by atoms with Crippen molar-refractivity contribution in [2.75, 3.05) is 37.6 Å². The first-order valence-corrected chi connectivity index (χ1v) is 17.5. The van der Waals surface area contributed by atoms with E-state index in [4.69, 9.17) is 4.74 Å². The summed E-state index contributed by atoms with van der Waals surface area (Å²) in [5.41, 5.74) is 0.551. The van der Waals surface area contributed by atoms with E-state index in [1.54, 1.807) is 0 Å². The molecule has 2 spiro atoms. The van der Waals surface area contributed by atoms with E-state index in [2.05, 4.69) is 30.3 Å². The lowest BCUT2D eigenvalue weighted by Crippen LogP contribution is -2.62. The highest BCUT2D eigenvalue weighted by molar-refractivity contribution is 5.97. The molecule has 3 saturated heterocycles. The van der Waals surface area contributed by atoms with Gasteiger partial charge >= 0.3 is 0 Å². The summed E-state index contributed by atoms with van der Waals surface area (Å²) in [4.78, 5) is 36.9. The molecule has 7 aliphatic rings. The van der Waals surface area contributed by atoms with Crippen LogP contribution in [-0.4, -0.2) is 87.1 Å². The van der Waals surface area contributed by atoms with E-state index in [1.165, 1.54) is 56.8 Å². The predicted octanol–water partition coefficient (Wildman–Crippen LogP) is 4.80. The molecule has 11 heteroatoms. The molecule has 1 aromatic carbocycles. The molecule has 1 aromatic heterocycles. The molecule has 4 unspecified atom stereocenters. The van der Waals surface area contributed by atoms with Gasteiger partial charge in [0.25, 0.3) is 11.8 Å². The molecule has 7 fully saturated rings. The van der Waals surface area contributed by atoms with E-state index in [0.717, 1.165) is 70.1 Å². The van der Waals surface area contributed by atoms with Crippen molar-refractivity contribution in [3.8, 4) is 11.6 Å². The number of nitrogens with zero attached hydrogens (tertiary/aromatic N) is 6. The molecule has 4 atom stereocenters. The van der Waals surface area contributed by atoms with Crippen LogP contribution in [0.5, 0.6) is 11.6 Å². The van der Waals surface area contributed by atoms with Crippen LogP contribution in [0.15, 0.2) is 24.5 Å². The fourth-order valence-electron chi connectivity index (χ4n) is 9.64. The van der Waals surface area contributed by atoms with Crippen LogP contribution in [0.3, 0.4) is 0 Å². The second-order valence-corrected chi connectivity index (χ2v) is 15.5. The Bertz CT molecular complexity index is 1500. The standard InChI is InChI=1S/C35H46FN7O3/c1-22(2)43(27-6-7-27)33(45)28-16-26(36)5-8-29(28)46-32-31(37-21-38-40-32)42-19-34(20-42)11-13-41(14-12-34)18-24-15-25-4-3-23(24)17-35(25)10-9-30(44)39-35/h5,8,16,21-25,27H,3-4,6-7,9-15,17-20H2,1-2H3,(H,39,44). The van der Waals surface area contributed by atoms with Crippen LogP contribution in [0.1, 0.15) is 88.4 Å². The van der Waals surface area contributed by atoms with Crippen molar-refractivity contribution in [3.63, 3.8) is 0 Å². The zero-order valence-corrected chi connectivity index (χ0v) is 27.1. The Hall–Kier alpha value is -3.34. The molecular weight excluding hydrogens is 585 g/mol. The number of amides is 2. The van der Waals surface area contributed by atoms with Crippen LogP contribution in [0.2, 0.25) is 0 Å². The topological polar surface area (TPSA) is 104 Å². The number of piperidine rings is 1. The van der Waals surface area contributed by atoms with Crippen LogP contribution in [0.25, 0.3) is 0 Å².